The molecule has 6 heteroatoms. The maximum atomic E-state index is 7.84. The molecule has 0 amide bonds. The van der Waals surface area contributed by atoms with E-state index in [1.165, 1.54) is 17.7 Å². The molecule has 1 aliphatic rings. The number of aromatic nitrogens is 2. The van der Waals surface area contributed by atoms with E-state index in [0.717, 1.165) is 23.6 Å². The Hall–Kier alpha value is -1.82. The molecule has 20 heavy (non-hydrogen) atoms. The Balaban J connectivity index is 2.01. The maximum absolute atomic E-state index is 7.84. The van der Waals surface area contributed by atoms with E-state index in [9.17, 15) is 0 Å². The van der Waals surface area contributed by atoms with E-state index in [2.05, 4.69) is 27.5 Å². The van der Waals surface area contributed by atoms with Gasteiger partial charge in [-0.1, -0.05) is 6.07 Å². The molecule has 0 aliphatic heterocycles. The van der Waals surface area contributed by atoms with Gasteiger partial charge >= 0.3 is 0 Å². The Kier molecular flexibility index (Phi) is 3.25. The van der Waals surface area contributed by atoms with Crippen LogP contribution in [0.15, 0.2) is 17.5 Å². The van der Waals surface area contributed by atoms with Crippen molar-refractivity contribution in [3.05, 3.63) is 33.6 Å². The predicted octanol–water partition coefficient (Wildman–Crippen LogP) is 2.24. The summed E-state index contributed by atoms with van der Waals surface area (Å²) in [6.07, 6.45) is 2.40. The zero-order chi connectivity index (χ0) is 14.3. The van der Waals surface area contributed by atoms with Crippen molar-refractivity contribution in [2.75, 3.05) is 4.90 Å². The van der Waals surface area contributed by atoms with Crippen molar-refractivity contribution in [3.63, 3.8) is 0 Å². The molecule has 2 aromatic rings. The topological polar surface area (TPSA) is 70.9 Å². The van der Waals surface area contributed by atoms with E-state index in [1.807, 2.05) is 18.7 Å². The Bertz CT molecular complexity index is 624. The molecule has 1 fully saturated rings. The van der Waals surface area contributed by atoms with Crippen LogP contribution in [0.5, 0.6) is 0 Å². The van der Waals surface area contributed by atoms with Crippen LogP contribution in [0.2, 0.25) is 0 Å². The van der Waals surface area contributed by atoms with Gasteiger partial charge in [0, 0.05) is 18.0 Å². The highest BCUT2D eigenvalue weighted by molar-refractivity contribution is 7.09. The second-order valence-electron chi connectivity index (χ2n) is 5.26. The van der Waals surface area contributed by atoms with Gasteiger partial charge in [0.1, 0.15) is 11.7 Å². The van der Waals surface area contributed by atoms with Gasteiger partial charge in [0.25, 0.3) is 0 Å². The van der Waals surface area contributed by atoms with Gasteiger partial charge in [-0.2, -0.15) is 5.10 Å². The minimum Gasteiger partial charge on any atom is -0.384 e. The average Bonchev–Trinajstić information content (AvgIpc) is 3.01. The third-order valence-electron chi connectivity index (χ3n) is 3.63. The molecule has 0 radical (unpaired) electrons. The van der Waals surface area contributed by atoms with E-state index in [4.69, 9.17) is 11.1 Å². The molecular formula is C14H19N5S. The summed E-state index contributed by atoms with van der Waals surface area (Å²) in [7, 11) is 1.93. The third kappa shape index (κ3) is 2.31. The van der Waals surface area contributed by atoms with Crippen LogP contribution in [-0.4, -0.2) is 21.7 Å². The van der Waals surface area contributed by atoms with Crippen molar-refractivity contribution in [3.8, 4) is 0 Å². The van der Waals surface area contributed by atoms with Crippen LogP contribution in [0.1, 0.15) is 29.0 Å². The van der Waals surface area contributed by atoms with Crippen LogP contribution in [0, 0.1) is 12.3 Å². The molecule has 0 spiro atoms. The van der Waals surface area contributed by atoms with Crippen molar-refractivity contribution >= 4 is 23.0 Å². The average molecular weight is 289 g/mol. The van der Waals surface area contributed by atoms with Crippen molar-refractivity contribution in [2.45, 2.75) is 32.4 Å². The number of hydrogen-bond donors (Lipinski definition) is 2. The lowest BCUT2D eigenvalue weighted by atomic mass is 10.2. The van der Waals surface area contributed by atoms with Crippen molar-refractivity contribution in [2.24, 2.45) is 12.8 Å². The van der Waals surface area contributed by atoms with Gasteiger partial charge < -0.3 is 10.6 Å². The van der Waals surface area contributed by atoms with Crippen LogP contribution in [0.3, 0.4) is 0 Å². The summed E-state index contributed by atoms with van der Waals surface area (Å²) in [5, 5.41) is 14.4. The molecule has 0 bridgehead atoms. The van der Waals surface area contributed by atoms with Crippen molar-refractivity contribution < 1.29 is 0 Å². The summed E-state index contributed by atoms with van der Waals surface area (Å²) in [5.41, 5.74) is 7.37. The number of rotatable bonds is 5. The van der Waals surface area contributed by atoms with Crippen LogP contribution >= 0.6 is 11.3 Å². The van der Waals surface area contributed by atoms with Gasteiger partial charge in [-0.25, -0.2) is 0 Å². The van der Waals surface area contributed by atoms with Crippen LogP contribution in [0.25, 0.3) is 0 Å². The molecule has 2 aromatic heterocycles. The lowest BCUT2D eigenvalue weighted by Crippen LogP contribution is -2.29. The zero-order valence-electron chi connectivity index (χ0n) is 11.8. The minimum absolute atomic E-state index is 0.0995. The number of nitrogens with one attached hydrogen (secondary N) is 1. The van der Waals surface area contributed by atoms with Crippen LogP contribution < -0.4 is 10.6 Å². The molecule has 0 aromatic carbocycles. The lowest BCUT2D eigenvalue weighted by Gasteiger charge is -2.25. The van der Waals surface area contributed by atoms with Gasteiger partial charge in [-0.15, -0.1) is 11.3 Å². The van der Waals surface area contributed by atoms with Crippen LogP contribution in [0.4, 0.5) is 5.82 Å². The molecule has 5 nitrogen and oxygen atoms in total. The zero-order valence-corrected chi connectivity index (χ0v) is 12.6. The molecule has 1 aliphatic carbocycles. The van der Waals surface area contributed by atoms with Gasteiger partial charge in [0.15, 0.2) is 0 Å². The quantitative estimate of drug-likeness (QED) is 0.655. The Morgan fingerprint density at radius 3 is 2.90 bits per heavy atom. The second kappa shape index (κ2) is 4.94. The first kappa shape index (κ1) is 13.2. The van der Waals surface area contributed by atoms with Crippen molar-refractivity contribution in [1.82, 2.24) is 9.78 Å². The number of nitrogens with two attached hydrogens (primary N) is 1. The number of thiophene rings is 1. The largest absolute Gasteiger partial charge is 0.384 e. The smallest absolute Gasteiger partial charge is 0.138 e. The number of aryl methyl sites for hydroxylation is 2. The molecule has 0 unspecified atom stereocenters. The third-order valence-corrected chi connectivity index (χ3v) is 4.49. The summed E-state index contributed by atoms with van der Waals surface area (Å²) in [6.45, 7) is 2.78. The van der Waals surface area contributed by atoms with Gasteiger partial charge in [-0.05, 0) is 31.2 Å². The minimum atomic E-state index is 0.0995. The SMILES string of the molecule is Cc1nn(C)c(N(Cc2cccs2)C2CC2)c1C(=N)N. The fourth-order valence-electron chi connectivity index (χ4n) is 2.62. The number of nitrogens with zero attached hydrogens (tertiary/aromatic N) is 3. The summed E-state index contributed by atoms with van der Waals surface area (Å²) < 4.78 is 1.86. The molecule has 2 heterocycles. The van der Waals surface area contributed by atoms with E-state index < -0.39 is 0 Å². The number of amidine groups is 1. The molecule has 0 atom stereocenters. The highest BCUT2D eigenvalue weighted by Crippen LogP contribution is 2.36. The van der Waals surface area contributed by atoms with Crippen molar-refractivity contribution in [1.29, 1.82) is 5.41 Å². The number of hydrogen-bond acceptors (Lipinski definition) is 4. The first-order chi connectivity index (χ1) is 9.58. The summed E-state index contributed by atoms with van der Waals surface area (Å²) in [6, 6.07) is 4.77. The summed E-state index contributed by atoms with van der Waals surface area (Å²) in [4.78, 5) is 3.67. The monoisotopic (exact) mass is 289 g/mol. The summed E-state index contributed by atoms with van der Waals surface area (Å²) >= 11 is 1.76. The molecule has 0 saturated heterocycles. The molecule has 3 rings (SSSR count). The molecule has 1 saturated carbocycles. The first-order valence-electron chi connectivity index (χ1n) is 6.75. The van der Waals surface area contributed by atoms with Gasteiger partial charge in [-0.3, -0.25) is 10.1 Å². The highest BCUT2D eigenvalue weighted by atomic mass is 32.1. The van der Waals surface area contributed by atoms with E-state index in [-0.39, 0.29) is 5.84 Å². The Morgan fingerprint density at radius 1 is 1.60 bits per heavy atom. The predicted molar refractivity (Wildman–Crippen MR) is 82.5 cm³/mol. The summed E-state index contributed by atoms with van der Waals surface area (Å²) in [5.74, 6) is 1.08. The fraction of sp³-hybridized carbons (Fsp3) is 0.429. The Labute approximate surface area is 122 Å². The highest BCUT2D eigenvalue weighted by Gasteiger charge is 2.33. The lowest BCUT2D eigenvalue weighted by molar-refractivity contribution is 0.694. The van der Waals surface area contributed by atoms with Gasteiger partial charge in [0.2, 0.25) is 0 Å². The van der Waals surface area contributed by atoms with Crippen LogP contribution in [-0.2, 0) is 13.6 Å². The standard InChI is InChI=1S/C14H19N5S/c1-9-12(13(15)16)14(18(2)17-9)19(10-5-6-10)8-11-4-3-7-20-11/h3-4,7,10H,5-6,8H2,1-2H3,(H3,15,16). The van der Waals surface area contributed by atoms with E-state index in [1.54, 1.807) is 11.3 Å². The fourth-order valence-corrected chi connectivity index (χ4v) is 3.33. The normalized spacial score (nSPS) is 14.5. The van der Waals surface area contributed by atoms with Gasteiger partial charge in [0.05, 0.1) is 17.8 Å². The number of anilines is 1. The Morgan fingerprint density at radius 2 is 2.35 bits per heavy atom. The second-order valence-corrected chi connectivity index (χ2v) is 6.29. The molecule has 106 valence electrons. The van der Waals surface area contributed by atoms with E-state index in [0.29, 0.717) is 6.04 Å². The van der Waals surface area contributed by atoms with E-state index >= 15 is 0 Å². The maximum Gasteiger partial charge on any atom is 0.138 e. The number of nitrogen functional groups attached to an aromatic ring is 1. The molecular weight excluding hydrogens is 270 g/mol. The first-order valence-corrected chi connectivity index (χ1v) is 7.63. The molecule has 3 N–H and O–H groups in total.